The molecule has 2 aliphatic rings. The third-order valence-corrected chi connectivity index (χ3v) is 4.22. The summed E-state index contributed by atoms with van der Waals surface area (Å²) in [6.45, 7) is 1.75. The van der Waals surface area contributed by atoms with Gasteiger partial charge in [-0.2, -0.15) is 0 Å². The molecule has 1 saturated heterocycles. The molecule has 22 heavy (non-hydrogen) atoms. The monoisotopic (exact) mass is 303 g/mol. The van der Waals surface area contributed by atoms with Gasteiger partial charge in [-0.3, -0.25) is 4.79 Å². The molecule has 1 aromatic heterocycles. The topological polar surface area (TPSA) is 76.7 Å². The van der Waals surface area contributed by atoms with E-state index in [9.17, 15) is 4.79 Å². The molecule has 1 unspecified atom stereocenters. The summed E-state index contributed by atoms with van der Waals surface area (Å²) in [5, 5.41) is 0. The van der Waals surface area contributed by atoms with E-state index in [4.69, 9.17) is 14.2 Å². The summed E-state index contributed by atoms with van der Waals surface area (Å²) in [5.74, 6) is 1.97. The number of rotatable bonds is 2. The SMILES string of the molecule is COC(=O)C1CCCN(c2nc3cc4c(cc3[nH]2)OCO4)C1. The van der Waals surface area contributed by atoms with Gasteiger partial charge in [-0.25, -0.2) is 4.98 Å². The van der Waals surface area contributed by atoms with E-state index in [1.807, 2.05) is 12.1 Å². The second-order valence-corrected chi connectivity index (χ2v) is 5.59. The molecule has 0 amide bonds. The lowest BCUT2D eigenvalue weighted by Crippen LogP contribution is -2.39. The Hall–Kier alpha value is -2.44. The minimum Gasteiger partial charge on any atom is -0.469 e. The number of carbonyl (C=O) groups is 1. The molecule has 0 radical (unpaired) electrons. The number of nitrogens with one attached hydrogen (secondary N) is 1. The Morgan fingerprint density at radius 3 is 3.05 bits per heavy atom. The van der Waals surface area contributed by atoms with Crippen molar-refractivity contribution in [1.29, 1.82) is 0 Å². The van der Waals surface area contributed by atoms with Gasteiger partial charge in [-0.15, -0.1) is 0 Å². The van der Waals surface area contributed by atoms with Crippen LogP contribution in [0, 0.1) is 5.92 Å². The lowest BCUT2D eigenvalue weighted by molar-refractivity contribution is -0.145. The molecule has 1 atom stereocenters. The van der Waals surface area contributed by atoms with Gasteiger partial charge in [0.2, 0.25) is 12.7 Å². The van der Waals surface area contributed by atoms with Crippen LogP contribution in [-0.2, 0) is 9.53 Å². The van der Waals surface area contributed by atoms with E-state index in [-0.39, 0.29) is 18.7 Å². The predicted octanol–water partition coefficient (Wildman–Crippen LogP) is 1.68. The summed E-state index contributed by atoms with van der Waals surface area (Å²) in [5.41, 5.74) is 1.74. The van der Waals surface area contributed by atoms with Gasteiger partial charge in [0.1, 0.15) is 0 Å². The average molecular weight is 303 g/mol. The molecule has 0 aliphatic carbocycles. The molecule has 2 aromatic rings. The Balaban J connectivity index is 1.62. The van der Waals surface area contributed by atoms with Crippen LogP contribution in [-0.4, -0.2) is 42.9 Å². The lowest BCUT2D eigenvalue weighted by atomic mass is 9.98. The minimum absolute atomic E-state index is 0.0939. The van der Waals surface area contributed by atoms with E-state index in [1.165, 1.54) is 7.11 Å². The average Bonchev–Trinajstić information content (AvgIpc) is 3.17. The fraction of sp³-hybridized carbons (Fsp3) is 0.467. The van der Waals surface area contributed by atoms with Gasteiger partial charge >= 0.3 is 5.97 Å². The molecule has 0 saturated carbocycles. The van der Waals surface area contributed by atoms with Gasteiger partial charge in [0.25, 0.3) is 0 Å². The maximum atomic E-state index is 11.7. The van der Waals surface area contributed by atoms with Crippen molar-refractivity contribution >= 4 is 23.0 Å². The largest absolute Gasteiger partial charge is 0.469 e. The number of benzene rings is 1. The second-order valence-electron chi connectivity index (χ2n) is 5.59. The number of nitrogens with zero attached hydrogens (tertiary/aromatic N) is 2. The van der Waals surface area contributed by atoms with Crippen LogP contribution < -0.4 is 14.4 Å². The number of piperidine rings is 1. The van der Waals surface area contributed by atoms with Crippen molar-refractivity contribution in [3.63, 3.8) is 0 Å². The number of fused-ring (bicyclic) bond motifs is 2. The Kier molecular flexibility index (Phi) is 3.06. The third kappa shape index (κ3) is 2.13. The molecule has 116 valence electrons. The maximum Gasteiger partial charge on any atom is 0.310 e. The quantitative estimate of drug-likeness (QED) is 0.851. The molecule has 1 fully saturated rings. The van der Waals surface area contributed by atoms with Crippen molar-refractivity contribution in [1.82, 2.24) is 9.97 Å². The van der Waals surface area contributed by atoms with Crippen LogP contribution in [0.3, 0.4) is 0 Å². The number of methoxy groups -OCH3 is 1. The van der Waals surface area contributed by atoms with Crippen molar-refractivity contribution in [2.24, 2.45) is 5.92 Å². The first-order valence-electron chi connectivity index (χ1n) is 7.37. The highest BCUT2D eigenvalue weighted by Gasteiger charge is 2.28. The van der Waals surface area contributed by atoms with Gasteiger partial charge in [0.15, 0.2) is 11.5 Å². The highest BCUT2D eigenvalue weighted by Crippen LogP contribution is 2.36. The number of imidazole rings is 1. The zero-order valence-electron chi connectivity index (χ0n) is 12.3. The number of ether oxygens (including phenoxy) is 3. The van der Waals surface area contributed by atoms with Crippen LogP contribution in [0.15, 0.2) is 12.1 Å². The van der Waals surface area contributed by atoms with Crippen molar-refractivity contribution in [2.75, 3.05) is 31.9 Å². The normalized spacial score (nSPS) is 20.4. The second kappa shape index (κ2) is 5.08. The summed E-state index contributed by atoms with van der Waals surface area (Å²) < 4.78 is 15.6. The number of aromatic nitrogens is 2. The lowest BCUT2D eigenvalue weighted by Gasteiger charge is -2.30. The molecular weight excluding hydrogens is 286 g/mol. The molecule has 3 heterocycles. The van der Waals surface area contributed by atoms with Crippen LogP contribution >= 0.6 is 0 Å². The summed E-state index contributed by atoms with van der Waals surface area (Å²) in [4.78, 5) is 21.8. The first kappa shape index (κ1) is 13.2. The minimum atomic E-state index is -0.151. The molecule has 1 N–H and O–H groups in total. The van der Waals surface area contributed by atoms with Crippen molar-refractivity contribution in [3.8, 4) is 11.5 Å². The van der Waals surface area contributed by atoms with Crippen molar-refractivity contribution < 1.29 is 19.0 Å². The molecule has 2 aliphatic heterocycles. The number of H-pyrrole nitrogens is 1. The maximum absolute atomic E-state index is 11.7. The standard InChI is InChI=1S/C15H17N3O4/c1-20-14(19)9-3-2-4-18(7-9)15-16-10-5-12-13(22-8-21-12)6-11(10)17-15/h5-6,9H,2-4,7-8H2,1H3,(H,16,17). The van der Waals surface area contributed by atoms with Crippen molar-refractivity contribution in [3.05, 3.63) is 12.1 Å². The zero-order chi connectivity index (χ0) is 15.1. The Labute approximate surface area is 127 Å². The molecule has 0 bridgehead atoms. The number of esters is 1. The highest BCUT2D eigenvalue weighted by molar-refractivity contribution is 5.82. The summed E-state index contributed by atoms with van der Waals surface area (Å²) in [6.07, 6.45) is 1.80. The van der Waals surface area contributed by atoms with E-state index in [0.29, 0.717) is 6.54 Å². The number of hydrogen-bond acceptors (Lipinski definition) is 6. The molecule has 0 spiro atoms. The van der Waals surface area contributed by atoms with E-state index < -0.39 is 0 Å². The van der Waals surface area contributed by atoms with Gasteiger partial charge < -0.3 is 24.1 Å². The number of anilines is 1. The van der Waals surface area contributed by atoms with Crippen LogP contribution in [0.1, 0.15) is 12.8 Å². The van der Waals surface area contributed by atoms with Gasteiger partial charge in [0.05, 0.1) is 24.1 Å². The van der Waals surface area contributed by atoms with E-state index in [0.717, 1.165) is 47.9 Å². The fourth-order valence-electron chi connectivity index (χ4n) is 3.06. The summed E-state index contributed by atoms with van der Waals surface area (Å²) in [6, 6.07) is 3.77. The molecule has 1 aromatic carbocycles. The Bertz CT molecular complexity index is 686. The number of carbonyl (C=O) groups excluding carboxylic acids is 1. The third-order valence-electron chi connectivity index (χ3n) is 4.22. The zero-order valence-corrected chi connectivity index (χ0v) is 12.3. The molecule has 7 heteroatoms. The Morgan fingerprint density at radius 2 is 2.23 bits per heavy atom. The fourth-order valence-corrected chi connectivity index (χ4v) is 3.06. The summed E-state index contributed by atoms with van der Waals surface area (Å²) in [7, 11) is 1.43. The smallest absolute Gasteiger partial charge is 0.310 e. The van der Waals surface area contributed by atoms with Crippen LogP contribution in [0.4, 0.5) is 5.95 Å². The predicted molar refractivity (Wildman–Crippen MR) is 79.2 cm³/mol. The highest BCUT2D eigenvalue weighted by atomic mass is 16.7. The molecular formula is C15H17N3O4. The van der Waals surface area contributed by atoms with E-state index in [2.05, 4.69) is 14.9 Å². The van der Waals surface area contributed by atoms with E-state index >= 15 is 0 Å². The van der Waals surface area contributed by atoms with Crippen molar-refractivity contribution in [2.45, 2.75) is 12.8 Å². The van der Waals surface area contributed by atoms with Gasteiger partial charge in [-0.05, 0) is 12.8 Å². The Morgan fingerprint density at radius 1 is 1.41 bits per heavy atom. The summed E-state index contributed by atoms with van der Waals surface area (Å²) >= 11 is 0. The van der Waals surface area contributed by atoms with Gasteiger partial charge in [-0.1, -0.05) is 0 Å². The first-order valence-corrected chi connectivity index (χ1v) is 7.37. The number of aromatic amines is 1. The van der Waals surface area contributed by atoms with Crippen LogP contribution in [0.25, 0.3) is 11.0 Å². The first-order chi connectivity index (χ1) is 10.7. The van der Waals surface area contributed by atoms with Crippen LogP contribution in [0.2, 0.25) is 0 Å². The molecule has 4 rings (SSSR count). The van der Waals surface area contributed by atoms with Gasteiger partial charge in [0, 0.05) is 25.2 Å². The number of hydrogen-bond donors (Lipinski definition) is 1. The van der Waals surface area contributed by atoms with Crippen LogP contribution in [0.5, 0.6) is 11.5 Å². The van der Waals surface area contributed by atoms with E-state index in [1.54, 1.807) is 0 Å². The molecule has 7 nitrogen and oxygen atoms in total.